The molecule has 0 heterocycles. The molecule has 2 unspecified atom stereocenters. The summed E-state index contributed by atoms with van der Waals surface area (Å²) in [4.78, 5) is 35.4. The van der Waals surface area contributed by atoms with Crippen LogP contribution < -0.4 is 0 Å². The zero-order valence-electron chi connectivity index (χ0n) is 42.1. The predicted octanol–water partition coefficient (Wildman–Crippen LogP) is 15.2. The number of unbranched alkanes of at least 4 members (excludes halogenated alkanes) is 10. The number of phosphoric ester groups is 1. The average Bonchev–Trinajstić information content (AvgIpc) is 3.27. The van der Waals surface area contributed by atoms with Gasteiger partial charge in [-0.2, -0.15) is 0 Å². The molecule has 0 bridgehead atoms. The minimum Gasteiger partial charge on any atom is -0.462 e. The van der Waals surface area contributed by atoms with Crippen molar-refractivity contribution >= 4 is 19.8 Å². The van der Waals surface area contributed by atoms with Gasteiger partial charge in [-0.1, -0.05) is 174 Å². The number of phosphoric acid groups is 1. The Morgan fingerprint density at radius 2 is 0.879 bits per heavy atom. The molecule has 0 saturated heterocycles. The van der Waals surface area contributed by atoms with Crippen LogP contribution in [0.4, 0.5) is 0 Å². The summed E-state index contributed by atoms with van der Waals surface area (Å²) in [6, 6.07) is 0. The van der Waals surface area contributed by atoms with E-state index < -0.39 is 32.5 Å². The molecule has 10 heteroatoms. The average molecular weight is 939 g/mol. The van der Waals surface area contributed by atoms with Crippen LogP contribution in [0.25, 0.3) is 0 Å². The van der Waals surface area contributed by atoms with Gasteiger partial charge in [0.15, 0.2) is 6.10 Å². The molecular weight excluding hydrogens is 846 g/mol. The molecule has 0 aromatic carbocycles. The number of likely N-dealkylation sites (N-methyl/N-ethyl adjacent to an activating group) is 1. The van der Waals surface area contributed by atoms with Gasteiger partial charge in [0.2, 0.25) is 0 Å². The third-order valence-electron chi connectivity index (χ3n) is 9.98. The Morgan fingerprint density at radius 3 is 1.35 bits per heavy atom. The van der Waals surface area contributed by atoms with Crippen LogP contribution in [0.1, 0.15) is 168 Å². The summed E-state index contributed by atoms with van der Waals surface area (Å²) < 4.78 is 34.3. The van der Waals surface area contributed by atoms with E-state index in [4.69, 9.17) is 18.5 Å². The fourth-order valence-electron chi connectivity index (χ4n) is 6.07. The molecule has 9 nitrogen and oxygen atoms in total. The maximum absolute atomic E-state index is 12.7. The smallest absolute Gasteiger partial charge is 0.462 e. The lowest BCUT2D eigenvalue weighted by molar-refractivity contribution is -0.870. The quantitative estimate of drug-likeness (QED) is 0.0212. The Bertz CT molecular complexity index is 1530. The van der Waals surface area contributed by atoms with Crippen molar-refractivity contribution in [2.45, 2.75) is 174 Å². The number of allylic oxidation sites excluding steroid dienone is 20. The largest absolute Gasteiger partial charge is 0.472 e. The van der Waals surface area contributed by atoms with Crippen molar-refractivity contribution in [1.82, 2.24) is 0 Å². The molecule has 0 aliphatic rings. The maximum Gasteiger partial charge on any atom is 0.472 e. The molecule has 66 heavy (non-hydrogen) atoms. The van der Waals surface area contributed by atoms with Crippen LogP contribution >= 0.6 is 7.82 Å². The van der Waals surface area contributed by atoms with E-state index in [0.29, 0.717) is 30.3 Å². The second-order valence-electron chi connectivity index (χ2n) is 17.5. The number of ether oxygens (including phenoxy) is 2. The minimum absolute atomic E-state index is 0.0125. The van der Waals surface area contributed by atoms with Gasteiger partial charge in [0.25, 0.3) is 0 Å². The van der Waals surface area contributed by atoms with Crippen molar-refractivity contribution < 1.29 is 42.1 Å². The van der Waals surface area contributed by atoms with Crippen LogP contribution in [0.15, 0.2) is 122 Å². The minimum atomic E-state index is -4.40. The molecular formula is C56H93NO8P+. The third kappa shape index (κ3) is 49.8. The van der Waals surface area contributed by atoms with Gasteiger partial charge in [0, 0.05) is 12.8 Å². The van der Waals surface area contributed by atoms with Crippen LogP contribution in [-0.4, -0.2) is 74.9 Å². The molecule has 0 fully saturated rings. The van der Waals surface area contributed by atoms with E-state index in [1.54, 1.807) is 0 Å². The van der Waals surface area contributed by atoms with Crippen molar-refractivity contribution in [1.29, 1.82) is 0 Å². The van der Waals surface area contributed by atoms with E-state index in [1.807, 2.05) is 27.2 Å². The van der Waals surface area contributed by atoms with Crippen LogP contribution in [0.2, 0.25) is 0 Å². The first kappa shape index (κ1) is 62.4. The molecule has 0 amide bonds. The number of carbonyl (C=O) groups is 2. The van der Waals surface area contributed by atoms with Gasteiger partial charge >= 0.3 is 19.8 Å². The molecule has 0 radical (unpaired) electrons. The molecule has 0 rings (SSSR count). The molecule has 2 atom stereocenters. The second-order valence-corrected chi connectivity index (χ2v) is 18.9. The topological polar surface area (TPSA) is 108 Å². The summed E-state index contributed by atoms with van der Waals surface area (Å²) in [6.07, 6.45) is 65.5. The second kappa shape index (κ2) is 46.5. The lowest BCUT2D eigenvalue weighted by Crippen LogP contribution is -2.37. The number of quaternary nitrogens is 1. The summed E-state index contributed by atoms with van der Waals surface area (Å²) in [5, 5.41) is 0. The van der Waals surface area contributed by atoms with E-state index in [1.165, 1.54) is 32.1 Å². The van der Waals surface area contributed by atoms with Crippen LogP contribution in [0.3, 0.4) is 0 Å². The Morgan fingerprint density at radius 1 is 0.485 bits per heavy atom. The molecule has 0 aliphatic heterocycles. The van der Waals surface area contributed by atoms with Gasteiger partial charge in [-0.05, 0) is 103 Å². The van der Waals surface area contributed by atoms with E-state index in [-0.39, 0.29) is 26.1 Å². The SMILES string of the molecule is CC/C=C\C/C=C\C/C=C\C/C=C\C/C=C\C/C=C\C/C=C\C/C=C\C/C=C\CCCC(=O)OC(COC(=O)CCCCCCC/C=C\CCCCCC)COP(=O)(O)OCC[N+](C)(C)C. The monoisotopic (exact) mass is 939 g/mol. The first-order chi connectivity index (χ1) is 32.0. The number of hydrogen-bond acceptors (Lipinski definition) is 7. The van der Waals surface area contributed by atoms with Crippen molar-refractivity contribution in [2.75, 3.05) is 47.5 Å². The van der Waals surface area contributed by atoms with E-state index in [2.05, 4.69) is 129 Å². The first-order valence-corrected chi connectivity index (χ1v) is 26.8. The highest BCUT2D eigenvalue weighted by molar-refractivity contribution is 7.47. The fraction of sp³-hybridized carbons (Fsp3) is 0.607. The molecule has 1 N–H and O–H groups in total. The highest BCUT2D eigenvalue weighted by Crippen LogP contribution is 2.43. The number of rotatable bonds is 44. The number of nitrogens with zero attached hydrogens (tertiary/aromatic N) is 1. The van der Waals surface area contributed by atoms with Crippen LogP contribution in [0.5, 0.6) is 0 Å². The number of esters is 2. The van der Waals surface area contributed by atoms with Crippen molar-refractivity contribution in [3.05, 3.63) is 122 Å². The molecule has 374 valence electrons. The third-order valence-corrected chi connectivity index (χ3v) is 11.0. The summed E-state index contributed by atoms with van der Waals surface area (Å²) in [5.74, 6) is -0.890. The zero-order chi connectivity index (χ0) is 48.5. The van der Waals surface area contributed by atoms with Crippen molar-refractivity contribution in [2.24, 2.45) is 0 Å². The normalized spacial score (nSPS) is 14.5. The Labute approximate surface area is 403 Å². The van der Waals surface area contributed by atoms with Crippen molar-refractivity contribution in [3.63, 3.8) is 0 Å². The summed E-state index contributed by atoms with van der Waals surface area (Å²) in [7, 11) is 1.41. The van der Waals surface area contributed by atoms with E-state index in [0.717, 1.165) is 89.9 Å². The van der Waals surface area contributed by atoms with Gasteiger partial charge in [0.05, 0.1) is 27.7 Å². The molecule has 0 aliphatic carbocycles. The number of hydrogen-bond donors (Lipinski definition) is 1. The fourth-order valence-corrected chi connectivity index (χ4v) is 6.81. The molecule has 0 spiro atoms. The summed E-state index contributed by atoms with van der Waals surface area (Å²) in [6.45, 7) is 4.19. The van der Waals surface area contributed by atoms with Gasteiger partial charge < -0.3 is 18.9 Å². The van der Waals surface area contributed by atoms with Gasteiger partial charge in [-0.15, -0.1) is 0 Å². The lowest BCUT2D eigenvalue weighted by atomic mass is 10.1. The maximum atomic E-state index is 12.7. The first-order valence-electron chi connectivity index (χ1n) is 25.3. The predicted molar refractivity (Wildman–Crippen MR) is 279 cm³/mol. The molecule has 0 saturated carbocycles. The Balaban J connectivity index is 4.39. The number of carbonyl (C=O) groups excluding carboxylic acids is 2. The Hall–Kier alpha value is -3.59. The van der Waals surface area contributed by atoms with Gasteiger partial charge in [-0.25, -0.2) is 4.57 Å². The highest BCUT2D eigenvalue weighted by Gasteiger charge is 2.27. The zero-order valence-corrected chi connectivity index (χ0v) is 43.0. The standard InChI is InChI=1S/C56H92NO8P/c1-6-8-10-12-14-16-18-20-21-22-23-24-25-26-27-28-29-30-31-32-33-34-35-37-39-41-43-45-47-49-56(59)65-54(53-64-66(60,61)63-51-50-57(3,4)5)52-62-55(58)48-46-44-42-40-38-36-19-17-15-13-11-9-7-2/h8,10,14,16-17,19-21,23-24,26-27,29-30,32-33,35,37,41,43,54H,6-7,9,11-13,15,18,22,25,28,31,34,36,38-40,42,44-53H2,1-5H3/p+1/b10-8-,16-14-,19-17-,21-20-,24-23-,27-26-,30-29-,33-32-,37-35-,43-41-. The van der Waals surface area contributed by atoms with E-state index >= 15 is 0 Å². The molecule has 0 aromatic rings. The van der Waals surface area contributed by atoms with Crippen LogP contribution in [0, 0.1) is 0 Å². The summed E-state index contributed by atoms with van der Waals surface area (Å²) >= 11 is 0. The summed E-state index contributed by atoms with van der Waals surface area (Å²) in [5.41, 5.74) is 0. The van der Waals surface area contributed by atoms with Crippen LogP contribution in [-0.2, 0) is 32.7 Å². The Kier molecular flexibility index (Phi) is 44.0. The van der Waals surface area contributed by atoms with Gasteiger partial charge in [0.1, 0.15) is 19.8 Å². The van der Waals surface area contributed by atoms with Crippen molar-refractivity contribution in [3.8, 4) is 0 Å². The lowest BCUT2D eigenvalue weighted by Gasteiger charge is -2.24. The van der Waals surface area contributed by atoms with Gasteiger partial charge in [-0.3, -0.25) is 18.6 Å². The van der Waals surface area contributed by atoms with E-state index in [9.17, 15) is 19.0 Å². The molecule has 0 aromatic heterocycles. The highest BCUT2D eigenvalue weighted by atomic mass is 31.2.